The first-order chi connectivity index (χ1) is 22.7. The third kappa shape index (κ3) is 4.72. The maximum Gasteiger partial charge on any atom is 0.223 e. The number of fused-ring (bicyclic) bond motifs is 4. The molecule has 8 rings (SSSR count). The molecule has 2 aliphatic heterocycles. The quantitative estimate of drug-likeness (QED) is 0.356. The molecule has 2 heterocycles. The van der Waals surface area contributed by atoms with Crippen LogP contribution in [0.4, 0.5) is 0 Å². The van der Waals surface area contributed by atoms with Gasteiger partial charge < -0.3 is 29.1 Å². The normalized spacial score (nSPS) is 50.3. The van der Waals surface area contributed by atoms with Gasteiger partial charge in [-0.3, -0.25) is 9.59 Å². The Morgan fingerprint density at radius 1 is 0.979 bits per heavy atom. The predicted molar refractivity (Wildman–Crippen MR) is 183 cm³/mol. The van der Waals surface area contributed by atoms with Crippen molar-refractivity contribution in [3.63, 3.8) is 0 Å². The third-order valence-corrected chi connectivity index (χ3v) is 16.9. The number of carbonyl (C=O) groups is 2. The summed E-state index contributed by atoms with van der Waals surface area (Å²) in [7, 11) is 3.65. The fourth-order valence-corrected chi connectivity index (χ4v) is 14.1. The molecule has 2 amide bonds. The van der Waals surface area contributed by atoms with E-state index in [0.717, 1.165) is 19.3 Å². The molecule has 8 nitrogen and oxygen atoms in total. The van der Waals surface area contributed by atoms with Crippen molar-refractivity contribution < 1.29 is 28.9 Å². The summed E-state index contributed by atoms with van der Waals surface area (Å²) in [6.07, 6.45) is 12.9. The second kappa shape index (κ2) is 11.4. The standard InChI is InChI=1S/C40H64N2O6/c1-24-20-26(10-13-30(43)41(6)7)47-34-33(24)37(4)16-17-40-23-39(40)15-14-29(36(2,3)27(39)11-12-28(40)38(37,5)35(34)45)48-32-22-42(18-19-46-32)31(44)21-25-8-9-25/h24-29,32-35,45H,8-23H2,1-7H3/t24-,26+,27+,28+,29+,32?,33?,34+,35+,37-,38-,39-,40+/m1/s1. The average molecular weight is 669 g/mol. The molecule has 2 saturated heterocycles. The van der Waals surface area contributed by atoms with E-state index in [2.05, 4.69) is 34.6 Å². The van der Waals surface area contributed by atoms with E-state index < -0.39 is 6.10 Å². The molecule has 0 aromatic heterocycles. The van der Waals surface area contributed by atoms with Gasteiger partial charge in [0.1, 0.15) is 0 Å². The molecule has 6 saturated carbocycles. The number of carbonyl (C=O) groups excluding carboxylic acids is 2. The van der Waals surface area contributed by atoms with E-state index in [1.807, 2.05) is 19.0 Å². The Kier molecular flexibility index (Phi) is 8.04. The number of amides is 2. The SMILES string of the molecule is C[C@@H]1C[C@H](CCC(=O)N(C)C)O[C@H]2C1[C@@]1(C)CC[C@@]34C[C@@]35CC[C@H](OC3CN(C(=O)CC6CC6)CCO3)C(C)(C)[C@@H]5CC[C@H]4[C@]1(C)[C@H]2O. The topological polar surface area (TPSA) is 88.5 Å². The van der Waals surface area contributed by atoms with Crippen molar-refractivity contribution in [3.05, 3.63) is 0 Å². The van der Waals surface area contributed by atoms with Crippen molar-refractivity contribution in [1.29, 1.82) is 0 Å². The molecule has 48 heavy (non-hydrogen) atoms. The molecular weight excluding hydrogens is 604 g/mol. The van der Waals surface area contributed by atoms with Crippen LogP contribution >= 0.6 is 0 Å². The minimum atomic E-state index is -0.472. The molecule has 8 aliphatic rings. The monoisotopic (exact) mass is 668 g/mol. The molecule has 8 heteroatoms. The summed E-state index contributed by atoms with van der Waals surface area (Å²) in [6.45, 7) is 14.1. The zero-order valence-electron chi connectivity index (χ0n) is 31.0. The van der Waals surface area contributed by atoms with Crippen molar-refractivity contribution in [2.75, 3.05) is 33.8 Å². The maximum absolute atomic E-state index is 12.9. The van der Waals surface area contributed by atoms with E-state index in [1.165, 1.54) is 51.4 Å². The minimum absolute atomic E-state index is 0.0230. The Bertz CT molecular complexity index is 1300. The predicted octanol–water partition coefficient (Wildman–Crippen LogP) is 6.04. The smallest absolute Gasteiger partial charge is 0.223 e. The Hall–Kier alpha value is -1.22. The molecule has 2 spiro atoms. The van der Waals surface area contributed by atoms with E-state index in [-0.39, 0.29) is 52.7 Å². The van der Waals surface area contributed by atoms with Crippen molar-refractivity contribution >= 4 is 11.8 Å². The van der Waals surface area contributed by atoms with Crippen LogP contribution < -0.4 is 0 Å². The molecule has 0 aromatic rings. The zero-order valence-corrected chi connectivity index (χ0v) is 31.0. The van der Waals surface area contributed by atoms with Crippen LogP contribution in [0.1, 0.15) is 118 Å². The first-order valence-electron chi connectivity index (χ1n) is 19.8. The molecule has 0 aromatic carbocycles. The van der Waals surface area contributed by atoms with Crippen LogP contribution in [0.2, 0.25) is 0 Å². The summed E-state index contributed by atoms with van der Waals surface area (Å²) < 4.78 is 19.9. The summed E-state index contributed by atoms with van der Waals surface area (Å²) >= 11 is 0. The van der Waals surface area contributed by atoms with E-state index in [4.69, 9.17) is 14.2 Å². The molecule has 270 valence electrons. The number of aliphatic hydroxyl groups is 1. The van der Waals surface area contributed by atoms with Gasteiger partial charge in [-0.25, -0.2) is 0 Å². The number of ether oxygens (including phenoxy) is 3. The lowest BCUT2D eigenvalue weighted by atomic mass is 9.41. The summed E-state index contributed by atoms with van der Waals surface area (Å²) in [5.74, 6) is 2.95. The Morgan fingerprint density at radius 3 is 2.44 bits per heavy atom. The van der Waals surface area contributed by atoms with Crippen LogP contribution in [0.5, 0.6) is 0 Å². The van der Waals surface area contributed by atoms with Gasteiger partial charge in [0, 0.05) is 38.9 Å². The van der Waals surface area contributed by atoms with E-state index in [0.29, 0.717) is 73.0 Å². The summed E-state index contributed by atoms with van der Waals surface area (Å²) in [4.78, 5) is 29.0. The Labute approximate surface area is 289 Å². The van der Waals surface area contributed by atoms with E-state index in [9.17, 15) is 14.7 Å². The molecule has 2 unspecified atom stereocenters. The van der Waals surface area contributed by atoms with Crippen LogP contribution in [0.3, 0.4) is 0 Å². The van der Waals surface area contributed by atoms with Crippen molar-refractivity contribution in [2.45, 2.75) is 149 Å². The highest BCUT2D eigenvalue weighted by molar-refractivity contribution is 5.77. The van der Waals surface area contributed by atoms with Gasteiger partial charge in [-0.15, -0.1) is 0 Å². The van der Waals surface area contributed by atoms with Crippen LogP contribution in [0, 0.1) is 56.7 Å². The van der Waals surface area contributed by atoms with Crippen molar-refractivity contribution in [1.82, 2.24) is 9.80 Å². The first-order valence-corrected chi connectivity index (χ1v) is 19.8. The second-order valence-electron chi connectivity index (χ2n) is 19.4. The largest absolute Gasteiger partial charge is 0.390 e. The number of hydrogen-bond donors (Lipinski definition) is 1. The van der Waals surface area contributed by atoms with Gasteiger partial charge in [0.2, 0.25) is 11.8 Å². The number of hydrogen-bond acceptors (Lipinski definition) is 6. The Balaban J connectivity index is 0.981. The lowest BCUT2D eigenvalue weighted by Gasteiger charge is -2.64. The molecule has 8 fully saturated rings. The summed E-state index contributed by atoms with van der Waals surface area (Å²) in [5, 5.41) is 12.5. The van der Waals surface area contributed by atoms with Crippen molar-refractivity contribution in [3.8, 4) is 0 Å². The first kappa shape index (κ1) is 33.9. The molecule has 6 aliphatic carbocycles. The van der Waals surface area contributed by atoms with Crippen LogP contribution in [0.15, 0.2) is 0 Å². The fourth-order valence-electron chi connectivity index (χ4n) is 14.1. The summed E-state index contributed by atoms with van der Waals surface area (Å²) in [6, 6.07) is 0. The van der Waals surface area contributed by atoms with Crippen LogP contribution in [-0.2, 0) is 23.8 Å². The number of nitrogens with zero attached hydrogens (tertiary/aromatic N) is 2. The van der Waals surface area contributed by atoms with E-state index >= 15 is 0 Å². The number of morpholine rings is 1. The molecule has 0 radical (unpaired) electrons. The van der Waals surface area contributed by atoms with Gasteiger partial charge in [-0.1, -0.05) is 34.6 Å². The van der Waals surface area contributed by atoms with Gasteiger partial charge in [0.15, 0.2) is 6.29 Å². The second-order valence-corrected chi connectivity index (χ2v) is 19.4. The highest BCUT2D eigenvalue weighted by Gasteiger charge is 2.84. The van der Waals surface area contributed by atoms with Gasteiger partial charge in [-0.05, 0) is 122 Å². The number of rotatable bonds is 7. The van der Waals surface area contributed by atoms with Crippen LogP contribution in [-0.4, -0.2) is 91.2 Å². The highest BCUT2D eigenvalue weighted by atomic mass is 16.7. The van der Waals surface area contributed by atoms with Gasteiger partial charge in [-0.2, -0.15) is 0 Å². The van der Waals surface area contributed by atoms with Gasteiger partial charge in [0.25, 0.3) is 0 Å². The fraction of sp³-hybridized carbons (Fsp3) is 0.950. The van der Waals surface area contributed by atoms with Crippen molar-refractivity contribution in [2.24, 2.45) is 56.7 Å². The maximum atomic E-state index is 12.9. The number of aliphatic hydroxyl groups excluding tert-OH is 1. The molecule has 1 N–H and O–H groups in total. The summed E-state index contributed by atoms with van der Waals surface area (Å²) in [5.41, 5.74) is 0.522. The Morgan fingerprint density at radius 2 is 1.71 bits per heavy atom. The highest BCUT2D eigenvalue weighted by Crippen LogP contribution is 2.89. The molecule has 13 atom stereocenters. The lowest BCUT2D eigenvalue weighted by Crippen LogP contribution is -2.60. The van der Waals surface area contributed by atoms with E-state index in [1.54, 1.807) is 4.90 Å². The average Bonchev–Trinajstić information content (AvgIpc) is 3.96. The molecular formula is C40H64N2O6. The lowest BCUT2D eigenvalue weighted by molar-refractivity contribution is -0.248. The van der Waals surface area contributed by atoms with Crippen LogP contribution in [0.25, 0.3) is 0 Å². The third-order valence-electron chi connectivity index (χ3n) is 16.9. The zero-order chi connectivity index (χ0) is 34.0. The van der Waals surface area contributed by atoms with Gasteiger partial charge >= 0.3 is 0 Å². The minimum Gasteiger partial charge on any atom is -0.390 e. The molecule has 0 bridgehead atoms. The van der Waals surface area contributed by atoms with Gasteiger partial charge in [0.05, 0.1) is 37.6 Å².